The molecule has 0 aliphatic rings. The highest BCUT2D eigenvalue weighted by atomic mass is 19.1. The van der Waals surface area contributed by atoms with Crippen molar-refractivity contribution in [2.75, 3.05) is 0 Å². The first-order valence-corrected chi connectivity index (χ1v) is 20.8. The second-order valence-electron chi connectivity index (χ2n) is 14.2. The monoisotopic (exact) mass is 861 g/mol. The molecule has 12 heteroatoms. The highest BCUT2D eigenvalue weighted by Crippen LogP contribution is 2.19. The van der Waals surface area contributed by atoms with Crippen LogP contribution < -0.4 is 0 Å². The zero-order valence-electron chi connectivity index (χ0n) is 35.3. The minimum atomic E-state index is -0.567. The lowest BCUT2D eigenvalue weighted by Gasteiger charge is -1.99. The first kappa shape index (κ1) is 44.6. The normalized spacial score (nSPS) is 10.2. The maximum absolute atomic E-state index is 12.9. The molecule has 0 N–H and O–H groups in total. The van der Waals surface area contributed by atoms with Crippen molar-refractivity contribution in [3.05, 3.63) is 198 Å². The molecule has 9 rings (SSSR count). The van der Waals surface area contributed by atoms with Crippen LogP contribution in [0.1, 0.15) is 53.4 Å². The Labute approximate surface area is 375 Å². The minimum Gasteiger partial charge on any atom is -0.271 e. The first-order chi connectivity index (χ1) is 32.0. The van der Waals surface area contributed by atoms with Crippen molar-refractivity contribution < 1.29 is 13.2 Å². The number of para-hydroxylation sites is 2. The average Bonchev–Trinajstić information content (AvgIpc) is 4.02. The Bertz CT molecular complexity index is 3100. The molecule has 320 valence electrons. The van der Waals surface area contributed by atoms with Crippen LogP contribution in [0.5, 0.6) is 0 Å². The van der Waals surface area contributed by atoms with Crippen LogP contribution in [0.25, 0.3) is 33.1 Å². The summed E-state index contributed by atoms with van der Waals surface area (Å²) in [7, 11) is 0. The Morgan fingerprint density at radius 3 is 1.77 bits per heavy atom. The van der Waals surface area contributed by atoms with E-state index in [1.807, 2.05) is 88.5 Å². The van der Waals surface area contributed by atoms with Gasteiger partial charge in [-0.1, -0.05) is 78.4 Å². The summed E-state index contributed by atoms with van der Waals surface area (Å²) in [4.78, 5) is 21.3. The predicted octanol–water partition coefficient (Wildman–Crippen LogP) is 10.3. The molecule has 0 saturated carbocycles. The number of hydrogen-bond acceptors (Lipinski definition) is 7. The number of hydrogen-bond donors (Lipinski definition) is 0. The van der Waals surface area contributed by atoms with E-state index in [1.165, 1.54) is 12.1 Å². The van der Waals surface area contributed by atoms with Gasteiger partial charge >= 0.3 is 0 Å². The third kappa shape index (κ3) is 14.1. The number of halogens is 3. The lowest BCUT2D eigenvalue weighted by molar-refractivity contribution is 0.475. The van der Waals surface area contributed by atoms with E-state index in [9.17, 15) is 13.2 Å². The van der Waals surface area contributed by atoms with Gasteiger partial charge in [-0.25, -0.2) is 33.1 Å². The van der Waals surface area contributed by atoms with Crippen molar-refractivity contribution in [1.29, 1.82) is 0 Å². The molecule has 3 aromatic carbocycles. The molecule has 6 heterocycles. The van der Waals surface area contributed by atoms with E-state index < -0.39 is 13.3 Å². The van der Waals surface area contributed by atoms with Gasteiger partial charge in [-0.3, -0.25) is 14.3 Å². The van der Waals surface area contributed by atoms with Crippen molar-refractivity contribution in [3.8, 4) is 46.6 Å². The summed E-state index contributed by atoms with van der Waals surface area (Å²) in [5, 5.41) is 9.89. The Kier molecular flexibility index (Phi) is 16.3. The molecule has 0 aliphatic carbocycles. The van der Waals surface area contributed by atoms with Crippen molar-refractivity contribution >= 4 is 21.9 Å². The number of alkyl halides is 2. The molecule has 65 heavy (non-hydrogen) atoms. The Morgan fingerprint density at radius 1 is 0.477 bits per heavy atom. The average molecular weight is 862 g/mol. The van der Waals surface area contributed by atoms with Crippen molar-refractivity contribution in [1.82, 2.24) is 44.5 Å². The molecule has 6 aromatic heterocycles. The van der Waals surface area contributed by atoms with Gasteiger partial charge in [-0.2, -0.15) is 10.2 Å². The summed E-state index contributed by atoms with van der Waals surface area (Å²) in [6.45, 7) is 0.309. The third-order valence-electron chi connectivity index (χ3n) is 9.41. The van der Waals surface area contributed by atoms with Gasteiger partial charge in [0.05, 0.1) is 52.9 Å². The van der Waals surface area contributed by atoms with Gasteiger partial charge in [0.2, 0.25) is 0 Å². The second kappa shape index (κ2) is 23.7. The van der Waals surface area contributed by atoms with E-state index in [-0.39, 0.29) is 5.82 Å². The fourth-order valence-electron chi connectivity index (χ4n) is 6.20. The summed E-state index contributed by atoms with van der Waals surface area (Å²) in [5.41, 5.74) is 8.42. The molecule has 9 nitrogen and oxygen atoms in total. The number of fused-ring (bicyclic) bond motifs is 2. The fourth-order valence-corrected chi connectivity index (χ4v) is 6.20. The maximum Gasteiger partial charge on any atom is 0.131 e. The van der Waals surface area contributed by atoms with Crippen LogP contribution >= 0.6 is 0 Å². The molecule has 0 amide bonds. The highest BCUT2D eigenvalue weighted by molar-refractivity contribution is 5.77. The Hall–Kier alpha value is -8.40. The van der Waals surface area contributed by atoms with Crippen molar-refractivity contribution in [2.24, 2.45) is 0 Å². The number of aryl methyl sites for hydroxylation is 3. The molecule has 9 aromatic rings. The van der Waals surface area contributed by atoms with Crippen LogP contribution in [0.3, 0.4) is 0 Å². The van der Waals surface area contributed by atoms with Crippen molar-refractivity contribution in [2.45, 2.75) is 52.1 Å². The molecule has 0 atom stereocenters. The second-order valence-corrected chi connectivity index (χ2v) is 14.2. The molecule has 0 fully saturated rings. The molecular weight excluding hydrogens is 820 g/mol. The lowest BCUT2D eigenvalue weighted by Crippen LogP contribution is -1.96. The SMILES string of the molecule is FCc1cccc(C#CCCc2cnc3ccccc3n2)n1.FCc1cccc(C#CCCn2cc3ccccc3n2)n1.Fc1ccc(-c2cnn(CCC#Cc3ccccn3)c2)cc1. The molecule has 0 unspecified atom stereocenters. The van der Waals surface area contributed by atoms with Gasteiger partial charge < -0.3 is 0 Å². The highest BCUT2D eigenvalue weighted by Gasteiger charge is 2.03. The van der Waals surface area contributed by atoms with Crippen LogP contribution in [0.15, 0.2) is 158 Å². The molecule has 0 spiro atoms. The zero-order chi connectivity index (χ0) is 44.9. The molecule has 0 radical (unpaired) electrons. The minimum absolute atomic E-state index is 0.235. The summed E-state index contributed by atoms with van der Waals surface area (Å²) < 4.78 is 41.7. The number of pyridine rings is 3. The van der Waals surface area contributed by atoms with Gasteiger partial charge in [0.25, 0.3) is 0 Å². The third-order valence-corrected chi connectivity index (χ3v) is 9.41. The summed E-state index contributed by atoms with van der Waals surface area (Å²) in [6.07, 6.45) is 12.0. The van der Waals surface area contributed by atoms with Gasteiger partial charge in [0.15, 0.2) is 0 Å². The summed E-state index contributed by atoms with van der Waals surface area (Å²) >= 11 is 0. The van der Waals surface area contributed by atoms with E-state index in [0.717, 1.165) is 57.4 Å². The smallest absolute Gasteiger partial charge is 0.131 e. The van der Waals surface area contributed by atoms with Crippen LogP contribution in [-0.2, 0) is 32.9 Å². The predicted molar refractivity (Wildman–Crippen MR) is 247 cm³/mol. The number of rotatable bonds is 9. The summed E-state index contributed by atoms with van der Waals surface area (Å²) in [6, 6.07) is 38.2. The van der Waals surface area contributed by atoms with Gasteiger partial charge in [0, 0.05) is 61.4 Å². The quantitative estimate of drug-likeness (QED) is 0.133. The van der Waals surface area contributed by atoms with E-state index in [1.54, 1.807) is 67.1 Å². The molecule has 0 bridgehead atoms. The number of nitrogens with zero attached hydrogens (tertiary/aromatic N) is 9. The molecule has 0 saturated heterocycles. The largest absolute Gasteiger partial charge is 0.271 e. The zero-order valence-corrected chi connectivity index (χ0v) is 35.3. The fraction of sp³-hybridized carbons (Fsp3) is 0.151. The van der Waals surface area contributed by atoms with Crippen LogP contribution in [0.4, 0.5) is 13.2 Å². The summed E-state index contributed by atoms with van der Waals surface area (Å²) in [5.74, 6) is 17.9. The number of benzene rings is 3. The molecular formula is C53H42F3N9. The van der Waals surface area contributed by atoms with E-state index >= 15 is 0 Å². The van der Waals surface area contributed by atoms with Crippen LogP contribution in [0, 0.1) is 41.3 Å². The standard InChI is InChI=1S/2C18H14FN3.C17H14FN3/c19-17-9-7-15(8-10-17)16-13-21-22(14-16)12-4-2-6-18-5-1-3-11-20-18;19-12-15-9-5-8-14(21-15)6-1-2-7-16-13-20-17-10-3-4-11-18(17)22-16;18-12-16-9-5-8-15(19-16)7-3-4-11-21-13-14-6-1-2-10-17(14)20-21/h1,3,5,7-11,13-14H,4,12H2;3-5,8-11,13H,2,7,12H2;1-2,5-6,8-10,13H,4,11-12H2. The van der Waals surface area contributed by atoms with E-state index in [0.29, 0.717) is 48.6 Å². The Morgan fingerprint density at radius 2 is 1.09 bits per heavy atom. The van der Waals surface area contributed by atoms with Crippen LogP contribution in [-0.4, -0.2) is 44.5 Å². The lowest BCUT2D eigenvalue weighted by atomic mass is 10.1. The topological polar surface area (TPSA) is 100 Å². The molecule has 0 aliphatic heterocycles. The van der Waals surface area contributed by atoms with E-state index in [4.69, 9.17) is 0 Å². The maximum atomic E-state index is 12.9. The number of aromatic nitrogens is 9. The van der Waals surface area contributed by atoms with Crippen molar-refractivity contribution in [3.63, 3.8) is 0 Å². The van der Waals surface area contributed by atoms with Gasteiger partial charge in [-0.05, 0) is 90.1 Å². The van der Waals surface area contributed by atoms with Crippen LogP contribution in [0.2, 0.25) is 0 Å². The van der Waals surface area contributed by atoms with E-state index in [2.05, 4.69) is 70.6 Å². The first-order valence-electron chi connectivity index (χ1n) is 20.8. The van der Waals surface area contributed by atoms with Gasteiger partial charge in [0.1, 0.15) is 36.2 Å². The van der Waals surface area contributed by atoms with Gasteiger partial charge in [-0.15, -0.1) is 0 Å². The Balaban J connectivity index is 0.000000145.